The van der Waals surface area contributed by atoms with Crippen LogP contribution >= 0.6 is 0 Å². The highest BCUT2D eigenvalue weighted by molar-refractivity contribution is 5.97. The van der Waals surface area contributed by atoms with Gasteiger partial charge in [0.05, 0.1) is 0 Å². The average molecular weight is 246 g/mol. The molecule has 0 aliphatic carbocycles. The van der Waals surface area contributed by atoms with Crippen LogP contribution in [0.1, 0.15) is 42.6 Å². The van der Waals surface area contributed by atoms with E-state index in [1.54, 1.807) is 0 Å². The standard InChI is InChI=1S/C15H22N2O/c1-10(2)14-8-5-9-17(14)15(18)12-6-4-7-13(16)11(12)3/h4,6-7,10,14H,5,8-9,16H2,1-3H3. The van der Waals surface area contributed by atoms with Gasteiger partial charge in [0.2, 0.25) is 0 Å². The van der Waals surface area contributed by atoms with Crippen molar-refractivity contribution in [3.63, 3.8) is 0 Å². The van der Waals surface area contributed by atoms with Crippen molar-refractivity contribution >= 4 is 11.6 Å². The van der Waals surface area contributed by atoms with Gasteiger partial charge < -0.3 is 10.6 Å². The van der Waals surface area contributed by atoms with E-state index in [1.807, 2.05) is 30.0 Å². The molecule has 1 aromatic carbocycles. The molecule has 1 aliphatic heterocycles. The molecule has 98 valence electrons. The van der Waals surface area contributed by atoms with Gasteiger partial charge in [-0.2, -0.15) is 0 Å². The van der Waals surface area contributed by atoms with Crippen LogP contribution in [0, 0.1) is 12.8 Å². The summed E-state index contributed by atoms with van der Waals surface area (Å²) >= 11 is 0. The fraction of sp³-hybridized carbons (Fsp3) is 0.533. The van der Waals surface area contributed by atoms with Crippen LogP contribution in [0.3, 0.4) is 0 Å². The highest BCUT2D eigenvalue weighted by Crippen LogP contribution is 2.27. The number of hydrogen-bond donors (Lipinski definition) is 1. The molecular formula is C15H22N2O. The summed E-state index contributed by atoms with van der Waals surface area (Å²) in [4.78, 5) is 14.6. The molecule has 3 nitrogen and oxygen atoms in total. The fourth-order valence-corrected chi connectivity index (χ4v) is 2.78. The molecule has 1 aromatic rings. The maximum absolute atomic E-state index is 12.6. The third-order valence-electron chi connectivity index (χ3n) is 3.94. The molecule has 18 heavy (non-hydrogen) atoms. The zero-order valence-electron chi connectivity index (χ0n) is 11.4. The zero-order valence-corrected chi connectivity index (χ0v) is 11.4. The Bertz CT molecular complexity index is 454. The monoisotopic (exact) mass is 246 g/mol. The molecule has 1 unspecified atom stereocenters. The summed E-state index contributed by atoms with van der Waals surface area (Å²) in [5.41, 5.74) is 8.23. The number of amides is 1. The van der Waals surface area contributed by atoms with Gasteiger partial charge in [-0.1, -0.05) is 19.9 Å². The summed E-state index contributed by atoms with van der Waals surface area (Å²) < 4.78 is 0. The van der Waals surface area contributed by atoms with E-state index in [1.165, 1.54) is 0 Å². The van der Waals surface area contributed by atoms with Gasteiger partial charge in [0.15, 0.2) is 0 Å². The van der Waals surface area contributed by atoms with Crippen molar-refractivity contribution in [1.82, 2.24) is 4.90 Å². The minimum atomic E-state index is 0.135. The highest BCUT2D eigenvalue weighted by atomic mass is 16.2. The molecule has 1 fully saturated rings. The predicted octanol–water partition coefficient (Wildman–Crippen LogP) is 2.84. The first-order valence-electron chi connectivity index (χ1n) is 6.68. The molecule has 2 rings (SSSR count). The molecule has 0 bridgehead atoms. The van der Waals surface area contributed by atoms with Crippen molar-refractivity contribution in [3.8, 4) is 0 Å². The van der Waals surface area contributed by atoms with E-state index >= 15 is 0 Å². The van der Waals surface area contributed by atoms with Gasteiger partial charge in [-0.05, 0) is 43.4 Å². The Morgan fingerprint density at radius 3 is 2.83 bits per heavy atom. The summed E-state index contributed by atoms with van der Waals surface area (Å²) in [6, 6.07) is 5.95. The largest absolute Gasteiger partial charge is 0.398 e. The Morgan fingerprint density at radius 1 is 1.44 bits per heavy atom. The molecule has 2 N–H and O–H groups in total. The van der Waals surface area contributed by atoms with Crippen molar-refractivity contribution < 1.29 is 4.79 Å². The number of nitrogen functional groups attached to an aromatic ring is 1. The van der Waals surface area contributed by atoms with Crippen molar-refractivity contribution in [1.29, 1.82) is 0 Å². The molecule has 1 amide bonds. The number of carbonyl (C=O) groups is 1. The smallest absolute Gasteiger partial charge is 0.254 e. The van der Waals surface area contributed by atoms with Crippen LogP contribution in [0.15, 0.2) is 18.2 Å². The van der Waals surface area contributed by atoms with Crippen molar-refractivity contribution in [2.45, 2.75) is 39.7 Å². The topological polar surface area (TPSA) is 46.3 Å². The Balaban J connectivity index is 2.28. The van der Waals surface area contributed by atoms with Crippen LogP contribution in [0.2, 0.25) is 0 Å². The lowest BCUT2D eigenvalue weighted by Crippen LogP contribution is -2.38. The maximum atomic E-state index is 12.6. The minimum Gasteiger partial charge on any atom is -0.398 e. The molecule has 0 spiro atoms. The second-order valence-corrected chi connectivity index (χ2v) is 5.47. The first-order valence-corrected chi connectivity index (χ1v) is 6.68. The summed E-state index contributed by atoms with van der Waals surface area (Å²) in [6.45, 7) is 7.16. The molecular weight excluding hydrogens is 224 g/mol. The quantitative estimate of drug-likeness (QED) is 0.816. The second-order valence-electron chi connectivity index (χ2n) is 5.47. The van der Waals surface area contributed by atoms with E-state index in [2.05, 4.69) is 13.8 Å². The van der Waals surface area contributed by atoms with Gasteiger partial charge in [0.1, 0.15) is 0 Å². The average Bonchev–Trinajstić information content (AvgIpc) is 2.81. The summed E-state index contributed by atoms with van der Waals surface area (Å²) in [5.74, 6) is 0.647. The number of benzene rings is 1. The van der Waals surface area contributed by atoms with E-state index in [0.717, 1.165) is 30.5 Å². The Labute approximate surface area is 109 Å². The fourth-order valence-electron chi connectivity index (χ4n) is 2.78. The first-order chi connectivity index (χ1) is 8.52. The molecule has 1 atom stereocenters. The van der Waals surface area contributed by atoms with Crippen LogP contribution in [0.5, 0.6) is 0 Å². The molecule has 1 heterocycles. The molecule has 1 saturated heterocycles. The van der Waals surface area contributed by atoms with Gasteiger partial charge in [0, 0.05) is 23.8 Å². The Hall–Kier alpha value is -1.51. The van der Waals surface area contributed by atoms with Crippen molar-refractivity contribution in [3.05, 3.63) is 29.3 Å². The van der Waals surface area contributed by atoms with Crippen molar-refractivity contribution in [2.75, 3.05) is 12.3 Å². The van der Waals surface area contributed by atoms with Crippen LogP contribution in [-0.2, 0) is 0 Å². The van der Waals surface area contributed by atoms with E-state index in [0.29, 0.717) is 17.6 Å². The first kappa shape index (κ1) is 12.9. The number of carbonyl (C=O) groups excluding carboxylic acids is 1. The number of hydrogen-bond acceptors (Lipinski definition) is 2. The summed E-state index contributed by atoms with van der Waals surface area (Å²) in [7, 11) is 0. The SMILES string of the molecule is Cc1c(N)cccc1C(=O)N1CCCC1C(C)C. The minimum absolute atomic E-state index is 0.135. The number of nitrogens with two attached hydrogens (primary N) is 1. The number of anilines is 1. The van der Waals surface area contributed by atoms with Gasteiger partial charge in [-0.3, -0.25) is 4.79 Å². The van der Waals surface area contributed by atoms with E-state index in [4.69, 9.17) is 5.73 Å². The molecule has 0 radical (unpaired) electrons. The van der Waals surface area contributed by atoms with Gasteiger partial charge >= 0.3 is 0 Å². The third kappa shape index (κ3) is 2.22. The Kier molecular flexibility index (Phi) is 3.60. The van der Waals surface area contributed by atoms with E-state index in [-0.39, 0.29) is 5.91 Å². The van der Waals surface area contributed by atoms with Gasteiger partial charge in [0.25, 0.3) is 5.91 Å². The van der Waals surface area contributed by atoms with Crippen LogP contribution in [0.4, 0.5) is 5.69 Å². The predicted molar refractivity (Wildman–Crippen MR) is 74.5 cm³/mol. The van der Waals surface area contributed by atoms with E-state index < -0.39 is 0 Å². The van der Waals surface area contributed by atoms with Gasteiger partial charge in [-0.15, -0.1) is 0 Å². The molecule has 1 aliphatic rings. The Morgan fingerprint density at radius 2 is 2.17 bits per heavy atom. The summed E-state index contributed by atoms with van der Waals surface area (Å²) in [5, 5.41) is 0. The molecule has 3 heteroatoms. The summed E-state index contributed by atoms with van der Waals surface area (Å²) in [6.07, 6.45) is 2.22. The maximum Gasteiger partial charge on any atom is 0.254 e. The van der Waals surface area contributed by atoms with Gasteiger partial charge in [-0.25, -0.2) is 0 Å². The number of nitrogens with zero attached hydrogens (tertiary/aromatic N) is 1. The van der Waals surface area contributed by atoms with Crippen molar-refractivity contribution in [2.24, 2.45) is 5.92 Å². The highest BCUT2D eigenvalue weighted by Gasteiger charge is 2.31. The number of likely N-dealkylation sites (tertiary alicyclic amines) is 1. The third-order valence-corrected chi connectivity index (χ3v) is 3.94. The molecule has 0 saturated carbocycles. The molecule has 0 aromatic heterocycles. The van der Waals surface area contributed by atoms with Crippen LogP contribution < -0.4 is 5.73 Å². The van der Waals surface area contributed by atoms with E-state index in [9.17, 15) is 4.79 Å². The number of rotatable bonds is 2. The second kappa shape index (κ2) is 5.01. The normalized spacial score (nSPS) is 19.6. The lowest BCUT2D eigenvalue weighted by atomic mass is 10.00. The lowest BCUT2D eigenvalue weighted by molar-refractivity contribution is 0.0701. The lowest BCUT2D eigenvalue weighted by Gasteiger charge is -2.28. The van der Waals surface area contributed by atoms with Crippen LogP contribution in [0.25, 0.3) is 0 Å². The van der Waals surface area contributed by atoms with Crippen LogP contribution in [-0.4, -0.2) is 23.4 Å². The zero-order chi connectivity index (χ0) is 13.3.